The molecule has 1 aliphatic heterocycles. The Morgan fingerprint density at radius 1 is 1.17 bits per heavy atom. The zero-order valence-electron chi connectivity index (χ0n) is 13.8. The maximum atomic E-state index is 13.1. The fourth-order valence-electron chi connectivity index (χ4n) is 2.79. The van der Waals surface area contributed by atoms with Gasteiger partial charge in [0.15, 0.2) is 0 Å². The summed E-state index contributed by atoms with van der Waals surface area (Å²) in [6.45, 7) is 3.66. The number of benzene rings is 1. The number of urea groups is 1. The minimum atomic E-state index is -0.724. The molecule has 1 fully saturated rings. The number of carbonyl (C=O) groups is 2. The van der Waals surface area contributed by atoms with Crippen LogP contribution in [0.25, 0.3) is 0 Å². The van der Waals surface area contributed by atoms with Crippen LogP contribution in [0.15, 0.2) is 18.2 Å². The van der Waals surface area contributed by atoms with Crippen LogP contribution in [0.4, 0.5) is 19.3 Å². The molecule has 0 saturated carbocycles. The summed E-state index contributed by atoms with van der Waals surface area (Å²) in [6, 6.07) is 2.59. The van der Waals surface area contributed by atoms with Gasteiger partial charge in [-0.3, -0.25) is 4.79 Å². The van der Waals surface area contributed by atoms with Gasteiger partial charge in [0, 0.05) is 37.8 Å². The van der Waals surface area contributed by atoms with Crippen molar-refractivity contribution in [3.05, 3.63) is 29.8 Å². The van der Waals surface area contributed by atoms with E-state index >= 15 is 0 Å². The van der Waals surface area contributed by atoms with Crippen LogP contribution < -0.4 is 10.6 Å². The Hall–Kier alpha value is -2.18. The Balaban J connectivity index is 1.75. The molecule has 0 radical (unpaired) electrons. The van der Waals surface area contributed by atoms with Crippen molar-refractivity contribution in [1.29, 1.82) is 0 Å². The maximum Gasteiger partial charge on any atom is 0.321 e. The molecule has 1 aliphatic rings. The molecule has 0 spiro atoms. The highest BCUT2D eigenvalue weighted by molar-refractivity contribution is 5.89. The van der Waals surface area contributed by atoms with Crippen LogP contribution in [0.3, 0.4) is 0 Å². The lowest BCUT2D eigenvalue weighted by atomic mass is 9.94. The van der Waals surface area contributed by atoms with E-state index in [2.05, 4.69) is 10.6 Å². The zero-order valence-corrected chi connectivity index (χ0v) is 13.8. The molecule has 2 rings (SSSR count). The summed E-state index contributed by atoms with van der Waals surface area (Å²) >= 11 is 0. The van der Waals surface area contributed by atoms with Crippen molar-refractivity contribution in [3.63, 3.8) is 0 Å². The molecule has 1 heterocycles. The number of nitrogens with zero attached hydrogens (tertiary/aromatic N) is 1. The number of carbonyl (C=O) groups excluding carboxylic acids is 2. The van der Waals surface area contributed by atoms with Gasteiger partial charge < -0.3 is 15.5 Å². The minimum Gasteiger partial charge on any atom is -0.356 e. The summed E-state index contributed by atoms with van der Waals surface area (Å²) in [7, 11) is 0. The molecule has 0 unspecified atom stereocenters. The highest BCUT2D eigenvalue weighted by atomic mass is 19.1. The van der Waals surface area contributed by atoms with Gasteiger partial charge in [-0.05, 0) is 37.3 Å². The number of piperidine rings is 1. The standard InChI is InChI=1S/C17H23F2N3O2/c1-2-16(23)20-6-3-12-4-7-22(8-5-12)17(24)21-15-10-13(18)9-14(19)11-15/h9-12H,2-8H2,1H3,(H,20,23)(H,21,24). The van der Waals surface area contributed by atoms with Gasteiger partial charge in [0.05, 0.1) is 0 Å². The molecule has 2 N–H and O–H groups in total. The van der Waals surface area contributed by atoms with Gasteiger partial charge in [0.2, 0.25) is 5.91 Å². The van der Waals surface area contributed by atoms with E-state index in [1.54, 1.807) is 4.90 Å². The Bertz CT molecular complexity index is 567. The molecule has 7 heteroatoms. The third kappa shape index (κ3) is 5.47. The van der Waals surface area contributed by atoms with E-state index in [4.69, 9.17) is 0 Å². The van der Waals surface area contributed by atoms with Crippen LogP contribution in [-0.2, 0) is 4.79 Å². The number of likely N-dealkylation sites (tertiary alicyclic amines) is 1. The number of halogens is 2. The summed E-state index contributed by atoms with van der Waals surface area (Å²) in [4.78, 5) is 25.0. The molecule has 0 atom stereocenters. The van der Waals surface area contributed by atoms with Crippen molar-refractivity contribution in [2.24, 2.45) is 5.92 Å². The van der Waals surface area contributed by atoms with Gasteiger partial charge in [-0.15, -0.1) is 0 Å². The van der Waals surface area contributed by atoms with Crippen LogP contribution in [0.5, 0.6) is 0 Å². The van der Waals surface area contributed by atoms with Crippen molar-refractivity contribution in [2.45, 2.75) is 32.6 Å². The van der Waals surface area contributed by atoms with Gasteiger partial charge in [-0.25, -0.2) is 13.6 Å². The third-order valence-corrected chi connectivity index (χ3v) is 4.21. The number of rotatable bonds is 5. The lowest BCUT2D eigenvalue weighted by Crippen LogP contribution is -2.41. The first kappa shape index (κ1) is 18.2. The first-order chi connectivity index (χ1) is 11.5. The number of hydrogen-bond donors (Lipinski definition) is 2. The van der Waals surface area contributed by atoms with Gasteiger partial charge >= 0.3 is 6.03 Å². The molecule has 24 heavy (non-hydrogen) atoms. The molecule has 0 bridgehead atoms. The van der Waals surface area contributed by atoms with Gasteiger partial charge in [-0.1, -0.05) is 6.92 Å². The second kappa shape index (κ2) is 8.61. The van der Waals surface area contributed by atoms with Crippen molar-refractivity contribution in [1.82, 2.24) is 10.2 Å². The summed E-state index contributed by atoms with van der Waals surface area (Å²) in [6.07, 6.45) is 3.09. The summed E-state index contributed by atoms with van der Waals surface area (Å²) in [5.41, 5.74) is 0.113. The first-order valence-electron chi connectivity index (χ1n) is 8.26. The Kier molecular flexibility index (Phi) is 6.52. The number of amides is 3. The molecule has 1 aromatic carbocycles. The first-order valence-corrected chi connectivity index (χ1v) is 8.26. The van der Waals surface area contributed by atoms with Crippen LogP contribution in [0.2, 0.25) is 0 Å². The minimum absolute atomic E-state index is 0.0501. The van der Waals surface area contributed by atoms with Crippen molar-refractivity contribution >= 4 is 17.6 Å². The monoisotopic (exact) mass is 339 g/mol. The average molecular weight is 339 g/mol. The summed E-state index contributed by atoms with van der Waals surface area (Å²) < 4.78 is 26.3. The highest BCUT2D eigenvalue weighted by Gasteiger charge is 2.22. The fourth-order valence-corrected chi connectivity index (χ4v) is 2.79. The van der Waals surface area contributed by atoms with Crippen molar-refractivity contribution < 1.29 is 18.4 Å². The largest absolute Gasteiger partial charge is 0.356 e. The Labute approximate surface area is 140 Å². The van der Waals surface area contributed by atoms with E-state index in [9.17, 15) is 18.4 Å². The lowest BCUT2D eigenvalue weighted by molar-refractivity contribution is -0.120. The number of nitrogens with one attached hydrogen (secondary N) is 2. The molecular formula is C17H23F2N3O2. The topological polar surface area (TPSA) is 61.4 Å². The maximum absolute atomic E-state index is 13.1. The Morgan fingerprint density at radius 3 is 2.38 bits per heavy atom. The third-order valence-electron chi connectivity index (χ3n) is 4.21. The van der Waals surface area contributed by atoms with Gasteiger partial charge in [0.25, 0.3) is 0 Å². The number of hydrogen-bond acceptors (Lipinski definition) is 2. The average Bonchev–Trinajstić information content (AvgIpc) is 2.54. The molecule has 5 nitrogen and oxygen atoms in total. The van der Waals surface area contributed by atoms with Crippen LogP contribution in [0, 0.1) is 17.6 Å². The predicted octanol–water partition coefficient (Wildman–Crippen LogP) is 3.13. The molecule has 1 saturated heterocycles. The van der Waals surface area contributed by atoms with Crippen LogP contribution in [-0.4, -0.2) is 36.5 Å². The molecule has 132 valence electrons. The zero-order chi connectivity index (χ0) is 17.5. The molecule has 0 aliphatic carbocycles. The highest BCUT2D eigenvalue weighted by Crippen LogP contribution is 2.21. The van der Waals surface area contributed by atoms with Crippen molar-refractivity contribution in [3.8, 4) is 0 Å². The number of anilines is 1. The smallest absolute Gasteiger partial charge is 0.321 e. The van der Waals surface area contributed by atoms with E-state index in [0.29, 0.717) is 32.0 Å². The molecule has 0 aromatic heterocycles. The molecular weight excluding hydrogens is 316 g/mol. The quantitative estimate of drug-likeness (QED) is 0.866. The van der Waals surface area contributed by atoms with E-state index in [1.165, 1.54) is 0 Å². The van der Waals surface area contributed by atoms with E-state index in [1.807, 2.05) is 6.92 Å². The molecule has 3 amide bonds. The lowest BCUT2D eigenvalue weighted by Gasteiger charge is -2.32. The van der Waals surface area contributed by atoms with E-state index in [-0.39, 0.29) is 17.6 Å². The normalized spacial score (nSPS) is 15.2. The molecule has 1 aromatic rings. The van der Waals surface area contributed by atoms with E-state index < -0.39 is 11.6 Å². The van der Waals surface area contributed by atoms with Crippen molar-refractivity contribution in [2.75, 3.05) is 25.0 Å². The second-order valence-corrected chi connectivity index (χ2v) is 6.01. The summed E-state index contributed by atoms with van der Waals surface area (Å²) in [5, 5.41) is 5.38. The summed E-state index contributed by atoms with van der Waals surface area (Å²) in [5.74, 6) is -0.928. The van der Waals surface area contributed by atoms with Crippen LogP contribution >= 0.6 is 0 Å². The Morgan fingerprint density at radius 2 is 1.79 bits per heavy atom. The van der Waals surface area contributed by atoms with E-state index in [0.717, 1.165) is 37.5 Å². The van der Waals surface area contributed by atoms with Gasteiger partial charge in [-0.2, -0.15) is 0 Å². The SMILES string of the molecule is CCC(=O)NCCC1CCN(C(=O)Nc2cc(F)cc(F)c2)CC1. The predicted molar refractivity (Wildman–Crippen MR) is 87.6 cm³/mol. The van der Waals surface area contributed by atoms with Crippen LogP contribution in [0.1, 0.15) is 32.6 Å². The fraction of sp³-hybridized carbons (Fsp3) is 0.529. The second-order valence-electron chi connectivity index (χ2n) is 6.01. The van der Waals surface area contributed by atoms with Gasteiger partial charge in [0.1, 0.15) is 11.6 Å².